The normalized spacial score (nSPS) is 10.4. The van der Waals surface area contributed by atoms with Gasteiger partial charge in [0.2, 0.25) is 0 Å². The molecule has 0 spiro atoms. The molecule has 0 fully saturated rings. The van der Waals surface area contributed by atoms with Gasteiger partial charge in [-0.2, -0.15) is 0 Å². The van der Waals surface area contributed by atoms with Crippen molar-refractivity contribution in [2.75, 3.05) is 6.61 Å². The Morgan fingerprint density at radius 3 is 2.31 bits per heavy atom. The number of carbonyl (C=O) groups is 2. The molecule has 2 aromatic rings. The van der Waals surface area contributed by atoms with Crippen molar-refractivity contribution in [3.8, 4) is 11.5 Å². The van der Waals surface area contributed by atoms with Gasteiger partial charge in [0.1, 0.15) is 11.5 Å². The number of halogens is 1. The number of hydrogen-bond donors (Lipinski definition) is 1. The highest BCUT2D eigenvalue weighted by molar-refractivity contribution is 9.10. The molecule has 0 aliphatic carbocycles. The van der Waals surface area contributed by atoms with Crippen LogP contribution in [0.5, 0.6) is 11.5 Å². The summed E-state index contributed by atoms with van der Waals surface area (Å²) < 4.78 is 11.4. The lowest BCUT2D eigenvalue weighted by molar-refractivity contribution is 0.0696. The van der Waals surface area contributed by atoms with Crippen LogP contribution >= 0.6 is 15.9 Å². The number of ether oxygens (including phenoxy) is 2. The average Bonchev–Trinajstić information content (AvgIpc) is 2.63. The number of hydrogen-bond acceptors (Lipinski definition) is 4. The summed E-state index contributed by atoms with van der Waals surface area (Å²) >= 11 is 3.21. The Bertz CT molecular complexity index is 755. The van der Waals surface area contributed by atoms with Crippen LogP contribution in [0, 0.1) is 0 Å². The van der Waals surface area contributed by atoms with E-state index in [1.54, 1.807) is 24.3 Å². The quantitative estimate of drug-likeness (QED) is 0.337. The van der Waals surface area contributed by atoms with Crippen molar-refractivity contribution < 1.29 is 24.2 Å². The summed E-state index contributed by atoms with van der Waals surface area (Å²) in [7, 11) is 0. The van der Waals surface area contributed by atoms with Crippen LogP contribution < -0.4 is 9.47 Å². The van der Waals surface area contributed by atoms with Crippen LogP contribution in [-0.4, -0.2) is 23.7 Å². The molecule has 0 heterocycles. The van der Waals surface area contributed by atoms with Crippen LogP contribution in [0.1, 0.15) is 53.3 Å². The third kappa shape index (κ3) is 5.88. The molecule has 0 saturated heterocycles. The van der Waals surface area contributed by atoms with Gasteiger partial charge in [-0.3, -0.25) is 0 Å². The number of esters is 1. The maximum atomic E-state index is 12.2. The Kier molecular flexibility index (Phi) is 7.66. The fourth-order valence-electron chi connectivity index (χ4n) is 2.28. The predicted molar refractivity (Wildman–Crippen MR) is 102 cm³/mol. The number of carbonyl (C=O) groups excluding carboxylic acids is 1. The minimum absolute atomic E-state index is 0.108. The molecule has 138 valence electrons. The summed E-state index contributed by atoms with van der Waals surface area (Å²) in [6.07, 6.45) is 4.55. The monoisotopic (exact) mass is 420 g/mol. The lowest BCUT2D eigenvalue weighted by Gasteiger charge is -2.09. The first kappa shape index (κ1) is 20.0. The van der Waals surface area contributed by atoms with Crippen molar-refractivity contribution in [3.63, 3.8) is 0 Å². The summed E-state index contributed by atoms with van der Waals surface area (Å²) in [6.45, 7) is 2.82. The lowest BCUT2D eigenvalue weighted by atomic mass is 10.2. The third-order valence-corrected chi connectivity index (χ3v) is 4.36. The van der Waals surface area contributed by atoms with Crippen LogP contribution in [0.2, 0.25) is 0 Å². The van der Waals surface area contributed by atoms with Gasteiger partial charge in [0, 0.05) is 0 Å². The molecule has 0 unspecified atom stereocenters. The molecule has 0 aliphatic rings. The molecule has 2 rings (SSSR count). The molecule has 0 radical (unpaired) electrons. The topological polar surface area (TPSA) is 72.8 Å². The molecule has 0 bridgehead atoms. The molecule has 0 aromatic heterocycles. The Balaban J connectivity index is 1.92. The van der Waals surface area contributed by atoms with E-state index >= 15 is 0 Å². The second kappa shape index (κ2) is 9.97. The van der Waals surface area contributed by atoms with Gasteiger partial charge in [-0.15, -0.1) is 0 Å². The maximum absolute atomic E-state index is 12.2. The molecule has 5 nitrogen and oxygen atoms in total. The molecule has 0 saturated carbocycles. The van der Waals surface area contributed by atoms with Crippen LogP contribution in [0.3, 0.4) is 0 Å². The SMILES string of the molecule is CCCCCCOc1ccc(C(=O)Oc2ccc(C(=O)O)cc2Br)cc1. The van der Waals surface area contributed by atoms with Gasteiger partial charge < -0.3 is 14.6 Å². The van der Waals surface area contributed by atoms with Crippen molar-refractivity contribution in [1.82, 2.24) is 0 Å². The van der Waals surface area contributed by atoms with E-state index < -0.39 is 11.9 Å². The van der Waals surface area contributed by atoms with Crippen molar-refractivity contribution in [2.24, 2.45) is 0 Å². The fraction of sp³-hybridized carbons (Fsp3) is 0.300. The molecular formula is C20H21BrO5. The van der Waals surface area contributed by atoms with E-state index in [-0.39, 0.29) is 11.3 Å². The number of carboxylic acids is 1. The smallest absolute Gasteiger partial charge is 0.343 e. The molecule has 0 atom stereocenters. The van der Waals surface area contributed by atoms with Gasteiger partial charge in [0.25, 0.3) is 0 Å². The maximum Gasteiger partial charge on any atom is 0.343 e. The largest absolute Gasteiger partial charge is 0.494 e. The van der Waals surface area contributed by atoms with E-state index in [1.165, 1.54) is 31.0 Å². The molecule has 26 heavy (non-hydrogen) atoms. The van der Waals surface area contributed by atoms with E-state index in [1.807, 2.05) is 0 Å². The highest BCUT2D eigenvalue weighted by Gasteiger charge is 2.13. The lowest BCUT2D eigenvalue weighted by Crippen LogP contribution is -2.09. The Hall–Kier alpha value is -2.34. The van der Waals surface area contributed by atoms with Crippen LogP contribution in [0.15, 0.2) is 46.9 Å². The van der Waals surface area contributed by atoms with Crippen LogP contribution in [0.25, 0.3) is 0 Å². The highest BCUT2D eigenvalue weighted by Crippen LogP contribution is 2.27. The van der Waals surface area contributed by atoms with E-state index in [2.05, 4.69) is 22.9 Å². The number of carboxylic acid groups (broad SMARTS) is 1. The third-order valence-electron chi connectivity index (χ3n) is 3.74. The molecule has 6 heteroatoms. The minimum atomic E-state index is -1.05. The van der Waals surface area contributed by atoms with Gasteiger partial charge in [-0.05, 0) is 64.8 Å². The standard InChI is InChI=1S/C20H21BrO5/c1-2-3-4-5-12-25-16-9-6-14(7-10-16)20(24)26-18-11-8-15(19(22)23)13-17(18)21/h6-11,13H,2-5,12H2,1H3,(H,22,23). The number of unbranched alkanes of at least 4 members (excludes halogenated alkanes) is 3. The minimum Gasteiger partial charge on any atom is -0.494 e. The summed E-state index contributed by atoms with van der Waals surface area (Å²) in [5, 5.41) is 8.95. The summed E-state index contributed by atoms with van der Waals surface area (Å²) in [4.78, 5) is 23.2. The molecule has 1 N–H and O–H groups in total. The molecule has 0 amide bonds. The van der Waals surface area contributed by atoms with Crippen molar-refractivity contribution in [3.05, 3.63) is 58.1 Å². The van der Waals surface area contributed by atoms with Gasteiger partial charge in [-0.25, -0.2) is 9.59 Å². The second-order valence-corrected chi connectivity index (χ2v) is 6.63. The van der Waals surface area contributed by atoms with Gasteiger partial charge in [0.05, 0.1) is 22.2 Å². The van der Waals surface area contributed by atoms with E-state index in [0.29, 0.717) is 22.4 Å². The van der Waals surface area contributed by atoms with E-state index in [9.17, 15) is 9.59 Å². The predicted octanol–water partition coefficient (Wildman–Crippen LogP) is 5.33. The summed E-state index contributed by atoms with van der Waals surface area (Å²) in [6, 6.07) is 11.0. The van der Waals surface area contributed by atoms with Gasteiger partial charge in [-0.1, -0.05) is 26.2 Å². The Labute approximate surface area is 161 Å². The number of aromatic carboxylic acids is 1. The Morgan fingerprint density at radius 1 is 1.00 bits per heavy atom. The second-order valence-electron chi connectivity index (χ2n) is 5.77. The van der Waals surface area contributed by atoms with Crippen molar-refractivity contribution in [2.45, 2.75) is 32.6 Å². The van der Waals surface area contributed by atoms with E-state index in [4.69, 9.17) is 14.6 Å². The zero-order valence-electron chi connectivity index (χ0n) is 14.5. The van der Waals surface area contributed by atoms with E-state index in [0.717, 1.165) is 12.8 Å². The Morgan fingerprint density at radius 2 is 1.69 bits per heavy atom. The molecule has 0 aliphatic heterocycles. The van der Waals surface area contributed by atoms with Gasteiger partial charge >= 0.3 is 11.9 Å². The fourth-order valence-corrected chi connectivity index (χ4v) is 2.74. The zero-order valence-corrected chi connectivity index (χ0v) is 16.1. The highest BCUT2D eigenvalue weighted by atomic mass is 79.9. The summed E-state index contributed by atoms with van der Waals surface area (Å²) in [5.41, 5.74) is 0.495. The summed E-state index contributed by atoms with van der Waals surface area (Å²) in [5.74, 6) is -0.599. The first-order chi connectivity index (χ1) is 12.5. The molecule has 2 aromatic carbocycles. The number of rotatable bonds is 9. The number of benzene rings is 2. The first-order valence-corrected chi connectivity index (χ1v) is 9.28. The van der Waals surface area contributed by atoms with Crippen LogP contribution in [0.4, 0.5) is 0 Å². The zero-order chi connectivity index (χ0) is 18.9. The first-order valence-electron chi connectivity index (χ1n) is 8.49. The van der Waals surface area contributed by atoms with Gasteiger partial charge in [0.15, 0.2) is 0 Å². The van der Waals surface area contributed by atoms with Crippen molar-refractivity contribution in [1.29, 1.82) is 0 Å². The van der Waals surface area contributed by atoms with Crippen LogP contribution in [-0.2, 0) is 0 Å². The van der Waals surface area contributed by atoms with Crippen molar-refractivity contribution >= 4 is 27.9 Å². The molecular weight excluding hydrogens is 400 g/mol. The average molecular weight is 421 g/mol.